The number of carbonyl (C=O) groups excluding carboxylic acids is 1. The zero-order valence-electron chi connectivity index (χ0n) is 12.7. The minimum Gasteiger partial charge on any atom is -0.335 e. The lowest BCUT2D eigenvalue weighted by Gasteiger charge is -2.35. The normalized spacial score (nSPS) is 19.1. The van der Waals surface area contributed by atoms with Crippen molar-refractivity contribution in [1.29, 1.82) is 0 Å². The van der Waals surface area contributed by atoms with E-state index in [-0.39, 0.29) is 5.91 Å². The second kappa shape index (κ2) is 5.67. The van der Waals surface area contributed by atoms with Crippen molar-refractivity contribution in [3.63, 3.8) is 0 Å². The summed E-state index contributed by atoms with van der Waals surface area (Å²) in [4.78, 5) is 15.9. The maximum atomic E-state index is 12.9. The standard InChI is InChI=1S/C18H19NOS2/c1-2-12-7-5-6-10-19(12)18(20)16-11-15-17(22-16)13-8-3-4-9-14(13)21-15/h3-4,8-9,11-12H,2,5-7,10H2,1H3. The van der Waals surface area contributed by atoms with Crippen LogP contribution in [0.5, 0.6) is 0 Å². The summed E-state index contributed by atoms with van der Waals surface area (Å²) in [6.45, 7) is 3.11. The maximum absolute atomic E-state index is 12.9. The lowest BCUT2D eigenvalue weighted by Crippen LogP contribution is -2.43. The Labute approximate surface area is 138 Å². The molecule has 1 aromatic carbocycles. The van der Waals surface area contributed by atoms with Gasteiger partial charge in [-0.1, -0.05) is 25.1 Å². The van der Waals surface area contributed by atoms with Gasteiger partial charge in [0.25, 0.3) is 5.91 Å². The molecule has 1 aliphatic rings. The Bertz CT molecular complexity index is 832. The van der Waals surface area contributed by atoms with Crippen LogP contribution in [0.3, 0.4) is 0 Å². The van der Waals surface area contributed by atoms with E-state index in [0.29, 0.717) is 6.04 Å². The summed E-state index contributed by atoms with van der Waals surface area (Å²) in [7, 11) is 0. The molecule has 1 saturated heterocycles. The Hall–Kier alpha value is -1.39. The topological polar surface area (TPSA) is 20.3 Å². The fraction of sp³-hybridized carbons (Fsp3) is 0.389. The van der Waals surface area contributed by atoms with Gasteiger partial charge in [-0.05, 0) is 37.8 Å². The SMILES string of the molecule is CCC1CCCCN1C(=O)c1cc2sc3ccccc3c2s1. The van der Waals surface area contributed by atoms with Crippen LogP contribution in [0, 0.1) is 0 Å². The molecule has 0 spiro atoms. The largest absolute Gasteiger partial charge is 0.335 e. The first kappa shape index (κ1) is 14.2. The van der Waals surface area contributed by atoms with Crippen molar-refractivity contribution in [3.05, 3.63) is 35.2 Å². The van der Waals surface area contributed by atoms with Gasteiger partial charge in [0.2, 0.25) is 0 Å². The van der Waals surface area contributed by atoms with Crippen LogP contribution in [-0.2, 0) is 0 Å². The second-order valence-electron chi connectivity index (χ2n) is 5.96. The first-order valence-electron chi connectivity index (χ1n) is 8.00. The zero-order valence-corrected chi connectivity index (χ0v) is 14.3. The highest BCUT2D eigenvalue weighted by Crippen LogP contribution is 2.40. The number of hydrogen-bond donors (Lipinski definition) is 0. The summed E-state index contributed by atoms with van der Waals surface area (Å²) in [6.07, 6.45) is 4.62. The molecule has 114 valence electrons. The number of benzene rings is 1. The molecule has 0 bridgehead atoms. The maximum Gasteiger partial charge on any atom is 0.264 e. The molecule has 0 N–H and O–H groups in total. The lowest BCUT2D eigenvalue weighted by molar-refractivity contribution is 0.0613. The number of carbonyl (C=O) groups is 1. The van der Waals surface area contributed by atoms with Crippen LogP contribution in [0.2, 0.25) is 0 Å². The van der Waals surface area contributed by atoms with E-state index < -0.39 is 0 Å². The highest BCUT2D eigenvalue weighted by Gasteiger charge is 2.27. The molecule has 2 aromatic heterocycles. The van der Waals surface area contributed by atoms with Crippen molar-refractivity contribution in [1.82, 2.24) is 4.90 Å². The Morgan fingerprint density at radius 3 is 2.95 bits per heavy atom. The van der Waals surface area contributed by atoms with Crippen LogP contribution >= 0.6 is 22.7 Å². The Kier molecular flexibility index (Phi) is 3.66. The van der Waals surface area contributed by atoms with Crippen LogP contribution in [0.25, 0.3) is 19.5 Å². The summed E-state index contributed by atoms with van der Waals surface area (Å²) in [5.74, 6) is 0.240. The van der Waals surface area contributed by atoms with Crippen LogP contribution in [0.4, 0.5) is 0 Å². The van der Waals surface area contributed by atoms with Gasteiger partial charge in [-0.25, -0.2) is 0 Å². The second-order valence-corrected chi connectivity index (χ2v) is 8.09. The number of piperidine rings is 1. The van der Waals surface area contributed by atoms with Crippen molar-refractivity contribution in [2.45, 2.75) is 38.6 Å². The molecular formula is C18H19NOS2. The van der Waals surface area contributed by atoms with Gasteiger partial charge in [-0.2, -0.15) is 0 Å². The van der Waals surface area contributed by atoms with Crippen molar-refractivity contribution in [3.8, 4) is 0 Å². The third kappa shape index (κ3) is 2.25. The number of thiophene rings is 2. The summed E-state index contributed by atoms with van der Waals surface area (Å²) in [5, 5.41) is 1.29. The minimum absolute atomic E-state index is 0.240. The molecule has 2 nitrogen and oxygen atoms in total. The van der Waals surface area contributed by atoms with Gasteiger partial charge < -0.3 is 4.90 Å². The van der Waals surface area contributed by atoms with Gasteiger partial charge in [0.05, 0.1) is 9.58 Å². The van der Waals surface area contributed by atoms with Gasteiger partial charge in [0.15, 0.2) is 0 Å². The minimum atomic E-state index is 0.240. The van der Waals surface area contributed by atoms with E-state index in [1.165, 1.54) is 25.9 Å². The monoisotopic (exact) mass is 329 g/mol. The molecule has 1 aliphatic heterocycles. The van der Waals surface area contributed by atoms with E-state index in [0.717, 1.165) is 30.7 Å². The fourth-order valence-corrected chi connectivity index (χ4v) is 5.92. The first-order chi connectivity index (χ1) is 10.8. The van der Waals surface area contributed by atoms with Gasteiger partial charge >= 0.3 is 0 Å². The van der Waals surface area contributed by atoms with E-state index in [9.17, 15) is 4.79 Å². The molecule has 1 fully saturated rings. The molecular weight excluding hydrogens is 310 g/mol. The van der Waals surface area contributed by atoms with E-state index >= 15 is 0 Å². The Balaban J connectivity index is 1.72. The van der Waals surface area contributed by atoms with Gasteiger partial charge in [-0.15, -0.1) is 22.7 Å². The van der Waals surface area contributed by atoms with E-state index in [1.54, 1.807) is 22.7 Å². The predicted octanol–water partition coefficient (Wildman–Crippen LogP) is 5.52. The fourth-order valence-electron chi connectivity index (χ4n) is 3.44. The van der Waals surface area contributed by atoms with Crippen LogP contribution in [0.1, 0.15) is 42.3 Å². The highest BCUT2D eigenvalue weighted by molar-refractivity contribution is 7.33. The number of fused-ring (bicyclic) bond motifs is 3. The Morgan fingerprint density at radius 1 is 1.23 bits per heavy atom. The molecule has 0 aliphatic carbocycles. The molecule has 3 aromatic rings. The molecule has 0 saturated carbocycles. The molecule has 4 heteroatoms. The Morgan fingerprint density at radius 2 is 2.09 bits per heavy atom. The number of rotatable bonds is 2. The van der Waals surface area contributed by atoms with Crippen molar-refractivity contribution in [2.24, 2.45) is 0 Å². The van der Waals surface area contributed by atoms with Crippen LogP contribution in [0.15, 0.2) is 30.3 Å². The third-order valence-corrected chi connectivity index (χ3v) is 7.02. The smallest absolute Gasteiger partial charge is 0.264 e. The zero-order chi connectivity index (χ0) is 15.1. The van der Waals surface area contributed by atoms with Crippen molar-refractivity contribution < 1.29 is 4.79 Å². The average Bonchev–Trinajstić information content (AvgIpc) is 3.12. The molecule has 4 rings (SSSR count). The van der Waals surface area contributed by atoms with Gasteiger partial charge in [0.1, 0.15) is 0 Å². The molecule has 0 radical (unpaired) electrons. The average molecular weight is 329 g/mol. The predicted molar refractivity (Wildman–Crippen MR) is 96.2 cm³/mol. The number of likely N-dealkylation sites (tertiary alicyclic amines) is 1. The van der Waals surface area contributed by atoms with Crippen LogP contribution < -0.4 is 0 Å². The first-order valence-corrected chi connectivity index (χ1v) is 9.63. The van der Waals surface area contributed by atoms with Crippen molar-refractivity contribution in [2.75, 3.05) is 6.54 Å². The summed E-state index contributed by atoms with van der Waals surface area (Å²) in [6, 6.07) is 11.0. The third-order valence-electron chi connectivity index (χ3n) is 4.62. The molecule has 1 amide bonds. The van der Waals surface area contributed by atoms with Crippen molar-refractivity contribution >= 4 is 48.1 Å². The molecule has 1 unspecified atom stereocenters. The van der Waals surface area contributed by atoms with E-state index in [4.69, 9.17) is 0 Å². The number of amides is 1. The van der Waals surface area contributed by atoms with Gasteiger partial charge in [-0.3, -0.25) is 4.79 Å². The highest BCUT2D eigenvalue weighted by atomic mass is 32.1. The molecule has 22 heavy (non-hydrogen) atoms. The van der Waals surface area contributed by atoms with Gasteiger partial charge in [0, 0.05) is 27.4 Å². The summed E-state index contributed by atoms with van der Waals surface area (Å²) in [5.41, 5.74) is 0. The van der Waals surface area contributed by atoms with Crippen LogP contribution in [-0.4, -0.2) is 23.4 Å². The van der Waals surface area contributed by atoms with E-state index in [2.05, 4.69) is 42.2 Å². The molecule has 3 heterocycles. The molecule has 1 atom stereocenters. The summed E-state index contributed by atoms with van der Waals surface area (Å²) < 4.78 is 3.83. The van der Waals surface area contributed by atoms with E-state index in [1.807, 2.05) is 0 Å². The quantitative estimate of drug-likeness (QED) is 0.606. The number of hydrogen-bond acceptors (Lipinski definition) is 3. The number of nitrogens with zero attached hydrogens (tertiary/aromatic N) is 1. The summed E-state index contributed by atoms with van der Waals surface area (Å²) >= 11 is 3.46. The lowest BCUT2D eigenvalue weighted by atomic mass is 10.00.